The third-order valence-corrected chi connectivity index (χ3v) is 5.98. The number of piperidine rings is 1. The second-order valence-electron chi connectivity index (χ2n) is 8.57. The van der Waals surface area contributed by atoms with Crippen molar-refractivity contribution < 1.29 is 18.7 Å². The lowest BCUT2D eigenvalue weighted by atomic mass is 9.78. The van der Waals surface area contributed by atoms with Crippen LogP contribution in [0, 0.1) is 11.2 Å². The maximum absolute atomic E-state index is 14.2. The molecule has 6 nitrogen and oxygen atoms in total. The number of hydrogen-bond acceptors (Lipinski definition) is 4. The summed E-state index contributed by atoms with van der Waals surface area (Å²) in [6.45, 7) is 6.97. The molecule has 1 aromatic rings. The summed E-state index contributed by atoms with van der Waals surface area (Å²) in [5, 5.41) is 2.91. The number of halogens is 1. The Balaban J connectivity index is 1.61. The third kappa shape index (κ3) is 5.07. The van der Waals surface area contributed by atoms with Gasteiger partial charge in [-0.3, -0.25) is 9.59 Å². The van der Waals surface area contributed by atoms with Crippen molar-refractivity contribution in [3.05, 3.63) is 29.6 Å². The number of carbonyl (C=O) groups is 2. The molecule has 0 aromatic heterocycles. The molecule has 0 saturated carbocycles. The number of ether oxygens (including phenoxy) is 1. The van der Waals surface area contributed by atoms with E-state index < -0.39 is 5.41 Å². The quantitative estimate of drug-likeness (QED) is 0.757. The van der Waals surface area contributed by atoms with Crippen LogP contribution < -0.4 is 10.1 Å². The van der Waals surface area contributed by atoms with Crippen molar-refractivity contribution >= 4 is 11.8 Å². The summed E-state index contributed by atoms with van der Waals surface area (Å²) >= 11 is 0. The molecule has 2 saturated heterocycles. The van der Waals surface area contributed by atoms with Crippen LogP contribution in [0.3, 0.4) is 0 Å². The summed E-state index contributed by atoms with van der Waals surface area (Å²) < 4.78 is 19.4. The van der Waals surface area contributed by atoms with Crippen molar-refractivity contribution in [1.29, 1.82) is 0 Å². The molecule has 0 unspecified atom stereocenters. The molecule has 7 heteroatoms. The molecule has 29 heavy (non-hydrogen) atoms. The summed E-state index contributed by atoms with van der Waals surface area (Å²) in [6, 6.07) is 4.77. The van der Waals surface area contributed by atoms with E-state index in [0.29, 0.717) is 37.4 Å². The van der Waals surface area contributed by atoms with E-state index in [1.807, 2.05) is 13.8 Å². The van der Waals surface area contributed by atoms with Crippen LogP contribution in [0.4, 0.5) is 4.39 Å². The average molecular weight is 406 g/mol. The fourth-order valence-corrected chi connectivity index (χ4v) is 4.49. The zero-order valence-electron chi connectivity index (χ0n) is 17.7. The lowest BCUT2D eigenvalue weighted by molar-refractivity contribution is -0.146. The molecule has 160 valence electrons. The minimum Gasteiger partial charge on any atom is -0.497 e. The van der Waals surface area contributed by atoms with Crippen LogP contribution in [0.5, 0.6) is 5.75 Å². The van der Waals surface area contributed by atoms with Gasteiger partial charge in [0.25, 0.3) is 0 Å². The Morgan fingerprint density at radius 1 is 1.31 bits per heavy atom. The molecule has 2 aliphatic heterocycles. The van der Waals surface area contributed by atoms with Gasteiger partial charge in [0, 0.05) is 44.2 Å². The highest BCUT2D eigenvalue weighted by Gasteiger charge is 2.48. The number of benzene rings is 1. The van der Waals surface area contributed by atoms with Crippen LogP contribution in [0.2, 0.25) is 0 Å². The van der Waals surface area contributed by atoms with Gasteiger partial charge in [-0.2, -0.15) is 0 Å². The second-order valence-corrected chi connectivity index (χ2v) is 8.57. The molecule has 1 atom stereocenters. The molecule has 2 heterocycles. The molecular formula is C22H32FN3O3. The Hall–Kier alpha value is -2.15. The number of carbonyl (C=O) groups excluding carboxylic acids is 2. The van der Waals surface area contributed by atoms with Gasteiger partial charge in [-0.25, -0.2) is 4.39 Å². The summed E-state index contributed by atoms with van der Waals surface area (Å²) in [5.41, 5.74) is 0.0808. The summed E-state index contributed by atoms with van der Waals surface area (Å²) in [5.74, 6) is 0.431. The van der Waals surface area contributed by atoms with Crippen LogP contribution in [-0.4, -0.2) is 60.9 Å². The Kier molecular flexibility index (Phi) is 6.77. The van der Waals surface area contributed by atoms with Crippen molar-refractivity contribution in [2.45, 2.75) is 52.1 Å². The smallest absolute Gasteiger partial charge is 0.230 e. The number of methoxy groups -OCH3 is 1. The van der Waals surface area contributed by atoms with Gasteiger partial charge in [0.05, 0.1) is 12.5 Å². The first-order valence-electron chi connectivity index (χ1n) is 10.5. The SMILES string of the molecule is COc1ccc(F)c(CN2CCC[C@@]3(CCN(CCC(=O)NC(C)C)C3)C2=O)c1. The molecule has 2 fully saturated rings. The fraction of sp³-hybridized carbons (Fsp3) is 0.636. The molecule has 2 amide bonds. The average Bonchev–Trinajstić information content (AvgIpc) is 3.09. The Morgan fingerprint density at radius 3 is 2.83 bits per heavy atom. The maximum atomic E-state index is 14.2. The predicted molar refractivity (Wildman–Crippen MR) is 109 cm³/mol. The van der Waals surface area contributed by atoms with E-state index in [-0.39, 0.29) is 30.2 Å². The maximum Gasteiger partial charge on any atom is 0.230 e. The summed E-state index contributed by atoms with van der Waals surface area (Å²) in [6.07, 6.45) is 3.02. The van der Waals surface area contributed by atoms with E-state index in [2.05, 4.69) is 10.2 Å². The zero-order chi connectivity index (χ0) is 21.0. The van der Waals surface area contributed by atoms with Crippen LogP contribution in [-0.2, 0) is 16.1 Å². The number of amides is 2. The van der Waals surface area contributed by atoms with Crippen molar-refractivity contribution in [3.8, 4) is 5.75 Å². The molecule has 1 aromatic carbocycles. The molecule has 0 aliphatic carbocycles. The van der Waals surface area contributed by atoms with Crippen molar-refractivity contribution in [3.63, 3.8) is 0 Å². The Morgan fingerprint density at radius 2 is 2.10 bits per heavy atom. The van der Waals surface area contributed by atoms with E-state index in [4.69, 9.17) is 4.74 Å². The molecular weight excluding hydrogens is 373 g/mol. The predicted octanol–water partition coefficient (Wildman–Crippen LogP) is 2.56. The largest absolute Gasteiger partial charge is 0.497 e. The Bertz CT molecular complexity index is 755. The second kappa shape index (κ2) is 9.11. The monoisotopic (exact) mass is 405 g/mol. The van der Waals surface area contributed by atoms with E-state index in [1.54, 1.807) is 24.1 Å². The number of nitrogens with zero attached hydrogens (tertiary/aromatic N) is 2. The number of rotatable bonds is 7. The van der Waals surface area contributed by atoms with Crippen LogP contribution in [0.25, 0.3) is 0 Å². The number of hydrogen-bond donors (Lipinski definition) is 1. The van der Waals surface area contributed by atoms with E-state index in [0.717, 1.165) is 25.8 Å². The summed E-state index contributed by atoms with van der Waals surface area (Å²) in [7, 11) is 1.55. The highest BCUT2D eigenvalue weighted by atomic mass is 19.1. The van der Waals surface area contributed by atoms with Crippen molar-refractivity contribution in [1.82, 2.24) is 15.1 Å². The first-order valence-corrected chi connectivity index (χ1v) is 10.5. The first-order chi connectivity index (χ1) is 13.8. The van der Waals surface area contributed by atoms with Crippen LogP contribution >= 0.6 is 0 Å². The summed E-state index contributed by atoms with van der Waals surface area (Å²) in [4.78, 5) is 29.2. The van der Waals surface area contributed by atoms with Crippen LogP contribution in [0.1, 0.15) is 45.1 Å². The van der Waals surface area contributed by atoms with E-state index in [9.17, 15) is 14.0 Å². The zero-order valence-corrected chi connectivity index (χ0v) is 17.7. The highest BCUT2D eigenvalue weighted by Crippen LogP contribution is 2.40. The minimum absolute atomic E-state index is 0.0473. The van der Waals surface area contributed by atoms with Gasteiger partial charge in [0.2, 0.25) is 11.8 Å². The fourth-order valence-electron chi connectivity index (χ4n) is 4.49. The van der Waals surface area contributed by atoms with Gasteiger partial charge in [-0.1, -0.05) is 0 Å². The van der Waals surface area contributed by atoms with Gasteiger partial charge in [-0.15, -0.1) is 0 Å². The Labute approximate surface area is 172 Å². The van der Waals surface area contributed by atoms with Gasteiger partial charge >= 0.3 is 0 Å². The van der Waals surface area contributed by atoms with E-state index in [1.165, 1.54) is 6.07 Å². The number of nitrogens with one attached hydrogen (secondary N) is 1. The molecule has 3 rings (SSSR count). The van der Waals surface area contributed by atoms with Crippen LogP contribution in [0.15, 0.2) is 18.2 Å². The molecule has 0 bridgehead atoms. The van der Waals surface area contributed by atoms with Gasteiger partial charge < -0.3 is 19.9 Å². The normalized spacial score (nSPS) is 22.5. The van der Waals surface area contributed by atoms with Crippen molar-refractivity contribution in [2.75, 3.05) is 33.3 Å². The lowest BCUT2D eigenvalue weighted by Gasteiger charge is -2.39. The molecule has 1 N–H and O–H groups in total. The molecule has 1 spiro atoms. The van der Waals surface area contributed by atoms with Gasteiger partial charge in [-0.05, 0) is 57.9 Å². The van der Waals surface area contributed by atoms with E-state index >= 15 is 0 Å². The number of likely N-dealkylation sites (tertiary alicyclic amines) is 2. The lowest BCUT2D eigenvalue weighted by Crippen LogP contribution is -2.49. The first kappa shape index (κ1) is 21.6. The highest BCUT2D eigenvalue weighted by molar-refractivity contribution is 5.84. The standard InChI is InChI=1S/C22H32FN3O3/c1-16(2)24-20(27)7-11-25-12-9-22(15-25)8-4-10-26(21(22)28)14-17-13-18(29-3)5-6-19(17)23/h5-6,13,16H,4,7-12,14-15H2,1-3H3,(H,24,27)/t22-/m0/s1. The third-order valence-electron chi connectivity index (χ3n) is 5.98. The topological polar surface area (TPSA) is 61.9 Å². The van der Waals surface area contributed by atoms with Gasteiger partial charge in [0.1, 0.15) is 11.6 Å². The minimum atomic E-state index is -0.401. The van der Waals surface area contributed by atoms with Gasteiger partial charge in [0.15, 0.2) is 0 Å². The van der Waals surface area contributed by atoms with Crippen molar-refractivity contribution in [2.24, 2.45) is 5.41 Å². The molecule has 2 aliphatic rings. The molecule has 0 radical (unpaired) electrons.